The molecule has 0 aliphatic carbocycles. The van der Waals surface area contributed by atoms with Crippen LogP contribution in [0, 0.1) is 0 Å². The number of carbonyl (C=O) groups is 1. The molecule has 0 saturated heterocycles. The molecular weight excluding hydrogens is 304 g/mol. The van der Waals surface area contributed by atoms with Gasteiger partial charge in [-0.1, -0.05) is 58.9 Å². The van der Waals surface area contributed by atoms with Crippen molar-refractivity contribution in [3.63, 3.8) is 0 Å². The number of ether oxygens (including phenoxy) is 1. The SMILES string of the molecule is CCOC(=O)/C=C/c1ccccc1C(C)[Si](O)(C(C)C)C(C)C. The van der Waals surface area contributed by atoms with Gasteiger partial charge in [0.05, 0.1) is 6.61 Å². The molecule has 1 rings (SSSR count). The van der Waals surface area contributed by atoms with Crippen LogP contribution in [0.1, 0.15) is 58.2 Å². The van der Waals surface area contributed by atoms with Gasteiger partial charge in [0.2, 0.25) is 8.32 Å². The molecule has 1 unspecified atom stereocenters. The molecule has 0 bridgehead atoms. The molecule has 0 aliphatic rings. The van der Waals surface area contributed by atoms with E-state index < -0.39 is 8.32 Å². The van der Waals surface area contributed by atoms with E-state index >= 15 is 0 Å². The first kappa shape index (κ1) is 19.7. The van der Waals surface area contributed by atoms with Crippen LogP contribution >= 0.6 is 0 Å². The van der Waals surface area contributed by atoms with E-state index in [9.17, 15) is 9.59 Å². The highest BCUT2D eigenvalue weighted by Crippen LogP contribution is 2.41. The molecule has 3 nitrogen and oxygen atoms in total. The Balaban J connectivity index is 3.20. The van der Waals surface area contributed by atoms with Crippen molar-refractivity contribution < 1.29 is 14.3 Å². The lowest BCUT2D eigenvalue weighted by atomic mass is 10.0. The molecule has 1 aromatic rings. The van der Waals surface area contributed by atoms with Crippen LogP contribution in [-0.4, -0.2) is 25.7 Å². The number of hydrogen-bond acceptors (Lipinski definition) is 3. The Labute approximate surface area is 141 Å². The van der Waals surface area contributed by atoms with E-state index in [1.54, 1.807) is 13.0 Å². The van der Waals surface area contributed by atoms with Gasteiger partial charge in [0.1, 0.15) is 0 Å². The Morgan fingerprint density at radius 1 is 1.17 bits per heavy atom. The second kappa shape index (κ2) is 8.46. The number of rotatable bonds is 7. The van der Waals surface area contributed by atoms with Gasteiger partial charge in [0, 0.05) is 11.6 Å². The lowest BCUT2D eigenvalue weighted by Crippen LogP contribution is -2.47. The molecule has 23 heavy (non-hydrogen) atoms. The van der Waals surface area contributed by atoms with E-state index in [0.717, 1.165) is 11.1 Å². The van der Waals surface area contributed by atoms with Gasteiger partial charge in [0.25, 0.3) is 0 Å². The van der Waals surface area contributed by atoms with Gasteiger partial charge in [-0.2, -0.15) is 0 Å². The summed E-state index contributed by atoms with van der Waals surface area (Å²) < 4.78 is 4.94. The van der Waals surface area contributed by atoms with Crippen LogP contribution in [0.2, 0.25) is 11.1 Å². The zero-order valence-electron chi connectivity index (χ0n) is 15.2. The summed E-state index contributed by atoms with van der Waals surface area (Å²) in [6.07, 6.45) is 3.25. The van der Waals surface area contributed by atoms with Gasteiger partial charge >= 0.3 is 5.97 Å². The molecule has 0 amide bonds. The smallest absolute Gasteiger partial charge is 0.330 e. The molecule has 0 spiro atoms. The predicted molar refractivity (Wildman–Crippen MR) is 98.7 cm³/mol. The lowest BCUT2D eigenvalue weighted by Gasteiger charge is -2.39. The molecule has 0 heterocycles. The van der Waals surface area contributed by atoms with Gasteiger partial charge in [-0.25, -0.2) is 4.79 Å². The normalized spacial score (nSPS) is 13.8. The third-order valence-corrected chi connectivity index (χ3v) is 10.1. The average Bonchev–Trinajstić information content (AvgIpc) is 2.51. The third-order valence-electron chi connectivity index (χ3n) is 4.69. The van der Waals surface area contributed by atoms with Crippen LogP contribution in [0.4, 0.5) is 0 Å². The Kier molecular flexibility index (Phi) is 7.23. The highest BCUT2D eigenvalue weighted by molar-refractivity contribution is 6.76. The molecule has 0 aromatic heterocycles. The van der Waals surface area contributed by atoms with Gasteiger partial charge in [0.15, 0.2) is 0 Å². The minimum absolute atomic E-state index is 0.0885. The lowest BCUT2D eigenvalue weighted by molar-refractivity contribution is -0.137. The summed E-state index contributed by atoms with van der Waals surface area (Å²) in [5.41, 5.74) is 2.69. The standard InChI is InChI=1S/C19H30O3Si/c1-7-22-19(20)13-12-17-10-8-9-11-18(17)16(6)23(21,14(2)3)15(4)5/h8-16,21H,7H2,1-6H3/b13-12+. The fraction of sp³-hybridized carbons (Fsp3) is 0.526. The molecule has 4 heteroatoms. The molecule has 1 aromatic carbocycles. The highest BCUT2D eigenvalue weighted by Gasteiger charge is 2.44. The van der Waals surface area contributed by atoms with E-state index in [0.29, 0.717) is 6.61 Å². The minimum atomic E-state index is -2.50. The first-order chi connectivity index (χ1) is 10.7. The first-order valence-corrected chi connectivity index (χ1v) is 10.6. The Morgan fingerprint density at radius 3 is 2.26 bits per heavy atom. The quantitative estimate of drug-likeness (QED) is 0.448. The maximum atomic E-state index is 11.6. The molecule has 0 aliphatic heterocycles. The number of benzene rings is 1. The number of esters is 1. The van der Waals surface area contributed by atoms with Crippen LogP contribution in [0.5, 0.6) is 0 Å². The molecule has 1 atom stereocenters. The molecule has 0 radical (unpaired) electrons. The zero-order valence-corrected chi connectivity index (χ0v) is 16.2. The fourth-order valence-corrected chi connectivity index (χ4v) is 7.42. The van der Waals surface area contributed by atoms with Crippen molar-refractivity contribution in [2.45, 2.75) is 58.2 Å². The highest BCUT2D eigenvalue weighted by atomic mass is 28.4. The van der Waals surface area contributed by atoms with E-state index in [2.05, 4.69) is 40.7 Å². The van der Waals surface area contributed by atoms with E-state index in [4.69, 9.17) is 4.74 Å². The molecular formula is C19H30O3Si. The Bertz CT molecular complexity index is 541. The van der Waals surface area contributed by atoms with Gasteiger partial charge in [-0.15, -0.1) is 0 Å². The number of hydrogen-bond donors (Lipinski definition) is 1. The van der Waals surface area contributed by atoms with Gasteiger partial charge in [-0.3, -0.25) is 0 Å². The summed E-state index contributed by atoms with van der Waals surface area (Å²) >= 11 is 0. The van der Waals surface area contributed by atoms with Crippen molar-refractivity contribution in [3.8, 4) is 0 Å². The average molecular weight is 335 g/mol. The van der Waals surface area contributed by atoms with E-state index in [1.165, 1.54) is 6.08 Å². The molecule has 1 N–H and O–H groups in total. The van der Waals surface area contributed by atoms with Gasteiger partial charge < -0.3 is 9.53 Å². The third kappa shape index (κ3) is 4.55. The fourth-order valence-electron chi connectivity index (χ4n) is 3.32. The van der Waals surface area contributed by atoms with Crippen molar-refractivity contribution in [1.29, 1.82) is 0 Å². The summed E-state index contributed by atoms with van der Waals surface area (Å²) in [5, 5.41) is 0. The van der Waals surface area contributed by atoms with Crippen LogP contribution in [0.3, 0.4) is 0 Å². The molecule has 0 fully saturated rings. The maximum Gasteiger partial charge on any atom is 0.330 e. The van der Waals surface area contributed by atoms with Crippen LogP contribution in [0.25, 0.3) is 6.08 Å². The topological polar surface area (TPSA) is 46.5 Å². The summed E-state index contributed by atoms with van der Waals surface area (Å²) in [6, 6.07) is 7.98. The van der Waals surface area contributed by atoms with Gasteiger partial charge in [-0.05, 0) is 35.2 Å². The predicted octanol–water partition coefficient (Wildman–Crippen LogP) is 4.66. The Hall–Kier alpha value is -1.39. The van der Waals surface area contributed by atoms with Crippen molar-refractivity contribution in [2.24, 2.45) is 0 Å². The minimum Gasteiger partial charge on any atom is -0.463 e. The summed E-state index contributed by atoms with van der Waals surface area (Å²) in [6.45, 7) is 12.7. The monoisotopic (exact) mass is 334 g/mol. The Morgan fingerprint density at radius 2 is 1.74 bits per heavy atom. The van der Waals surface area contributed by atoms with Crippen molar-refractivity contribution in [2.75, 3.05) is 6.61 Å². The van der Waals surface area contributed by atoms with Crippen LogP contribution in [0.15, 0.2) is 30.3 Å². The van der Waals surface area contributed by atoms with Crippen LogP contribution < -0.4 is 0 Å². The first-order valence-electron chi connectivity index (χ1n) is 8.41. The largest absolute Gasteiger partial charge is 0.463 e. The summed E-state index contributed by atoms with van der Waals surface area (Å²) in [4.78, 5) is 23.0. The molecule has 0 saturated carbocycles. The second-order valence-corrected chi connectivity index (χ2v) is 11.6. The maximum absolute atomic E-state index is 11.6. The van der Waals surface area contributed by atoms with E-state index in [-0.39, 0.29) is 22.6 Å². The zero-order chi connectivity index (χ0) is 17.6. The van der Waals surface area contributed by atoms with Crippen molar-refractivity contribution in [1.82, 2.24) is 0 Å². The van der Waals surface area contributed by atoms with Crippen molar-refractivity contribution >= 4 is 20.4 Å². The summed E-state index contributed by atoms with van der Waals surface area (Å²) in [7, 11) is -2.50. The van der Waals surface area contributed by atoms with Crippen molar-refractivity contribution in [3.05, 3.63) is 41.5 Å². The molecule has 128 valence electrons. The second-order valence-electron chi connectivity index (χ2n) is 6.63. The summed E-state index contributed by atoms with van der Waals surface area (Å²) in [5.74, 6) is -0.338. The number of carbonyl (C=O) groups excluding carboxylic acids is 1. The van der Waals surface area contributed by atoms with E-state index in [1.807, 2.05) is 18.2 Å². The van der Waals surface area contributed by atoms with Crippen LogP contribution in [-0.2, 0) is 9.53 Å².